The van der Waals surface area contributed by atoms with E-state index in [-0.39, 0.29) is 17.5 Å². The predicted molar refractivity (Wildman–Crippen MR) is 123 cm³/mol. The summed E-state index contributed by atoms with van der Waals surface area (Å²) in [6.07, 6.45) is 1.93. The summed E-state index contributed by atoms with van der Waals surface area (Å²) in [6.45, 7) is 15.6. The van der Waals surface area contributed by atoms with Crippen molar-refractivity contribution >= 4 is 11.8 Å². The van der Waals surface area contributed by atoms with E-state index < -0.39 is 0 Å². The molecule has 0 saturated carbocycles. The lowest BCUT2D eigenvalue weighted by atomic mass is 9.82. The minimum atomic E-state index is -0.0776. The molecule has 4 heteroatoms. The lowest BCUT2D eigenvalue weighted by Gasteiger charge is -2.30. The van der Waals surface area contributed by atoms with E-state index in [0.717, 1.165) is 24.6 Å². The zero-order valence-electron chi connectivity index (χ0n) is 19.8. The minimum Gasteiger partial charge on any atom is -0.483 e. The number of ether oxygens (including phenoxy) is 2. The molecule has 0 bridgehead atoms. The van der Waals surface area contributed by atoms with Gasteiger partial charge in [-0.25, -0.2) is 9.98 Å². The number of rotatable bonds is 6. The average molecular weight is 401 g/mol. The van der Waals surface area contributed by atoms with Gasteiger partial charge in [0.2, 0.25) is 11.8 Å². The largest absolute Gasteiger partial charge is 0.483 e. The first-order valence-corrected chi connectivity index (χ1v) is 10.9. The lowest BCUT2D eigenvalue weighted by Crippen LogP contribution is -2.38. The van der Waals surface area contributed by atoms with E-state index in [9.17, 15) is 0 Å². The second-order valence-electron chi connectivity index (χ2n) is 9.94. The molecule has 0 saturated heterocycles. The van der Waals surface area contributed by atoms with Crippen LogP contribution >= 0.6 is 0 Å². The summed E-state index contributed by atoms with van der Waals surface area (Å²) in [4.78, 5) is 9.73. The molecule has 0 N–H and O–H groups in total. The van der Waals surface area contributed by atoms with Crippen LogP contribution in [0.1, 0.15) is 66.0 Å². The van der Waals surface area contributed by atoms with Crippen molar-refractivity contribution in [2.45, 2.75) is 78.8 Å². The van der Waals surface area contributed by atoms with Gasteiger partial charge in [-0.3, -0.25) is 0 Å². The molecule has 0 aromatic heterocycles. The summed E-state index contributed by atoms with van der Waals surface area (Å²) in [7, 11) is 3.39. The first-order valence-electron chi connectivity index (χ1n) is 10.9. The van der Waals surface area contributed by atoms with Crippen LogP contribution in [0.3, 0.4) is 0 Å². The molecule has 2 rings (SSSR count). The van der Waals surface area contributed by atoms with Gasteiger partial charge in [-0.1, -0.05) is 72.7 Å². The molecule has 162 valence electrons. The van der Waals surface area contributed by atoms with E-state index in [4.69, 9.17) is 19.5 Å². The SMILES string of the molecule is COC1=NC(C(C)C)C(OC)=NC1C[C@@H](Cc1ccc(C(C)(C)C)cc1)C(C)C. The molecule has 1 aliphatic rings. The Balaban J connectivity index is 2.19. The second kappa shape index (κ2) is 9.77. The van der Waals surface area contributed by atoms with Gasteiger partial charge in [0.05, 0.1) is 14.2 Å². The van der Waals surface area contributed by atoms with Gasteiger partial charge in [-0.2, -0.15) is 0 Å². The highest BCUT2D eigenvalue weighted by atomic mass is 16.5. The number of nitrogens with zero attached hydrogens (tertiary/aromatic N) is 2. The third-order valence-electron chi connectivity index (χ3n) is 5.92. The third-order valence-corrected chi connectivity index (χ3v) is 5.92. The van der Waals surface area contributed by atoms with Crippen molar-refractivity contribution in [2.24, 2.45) is 27.7 Å². The van der Waals surface area contributed by atoms with Crippen LogP contribution in [0.4, 0.5) is 0 Å². The van der Waals surface area contributed by atoms with Crippen LogP contribution < -0.4 is 0 Å². The van der Waals surface area contributed by atoms with E-state index in [1.807, 2.05) is 0 Å². The quantitative estimate of drug-likeness (QED) is 0.616. The Morgan fingerprint density at radius 3 is 1.93 bits per heavy atom. The Kier molecular flexibility index (Phi) is 7.90. The van der Waals surface area contributed by atoms with Crippen molar-refractivity contribution in [1.29, 1.82) is 0 Å². The van der Waals surface area contributed by atoms with Crippen molar-refractivity contribution in [2.75, 3.05) is 14.2 Å². The molecule has 29 heavy (non-hydrogen) atoms. The van der Waals surface area contributed by atoms with E-state index in [2.05, 4.69) is 72.7 Å². The molecule has 0 aliphatic carbocycles. The molecule has 0 radical (unpaired) electrons. The Hall–Kier alpha value is -1.84. The van der Waals surface area contributed by atoms with Crippen LogP contribution in [0, 0.1) is 17.8 Å². The Morgan fingerprint density at radius 1 is 0.897 bits per heavy atom. The second-order valence-corrected chi connectivity index (χ2v) is 9.94. The van der Waals surface area contributed by atoms with Crippen LogP contribution in [0.2, 0.25) is 0 Å². The van der Waals surface area contributed by atoms with Gasteiger partial charge in [0, 0.05) is 0 Å². The fraction of sp³-hybridized carbons (Fsp3) is 0.680. The van der Waals surface area contributed by atoms with E-state index in [0.29, 0.717) is 17.8 Å². The molecule has 2 unspecified atom stereocenters. The first kappa shape index (κ1) is 23.4. The molecule has 0 amide bonds. The van der Waals surface area contributed by atoms with Gasteiger partial charge in [0.1, 0.15) is 12.1 Å². The standard InChI is InChI=1S/C25H40N2O2/c1-16(2)19(14-18-10-12-20(13-11-18)25(5,6)7)15-21-23(28-8)27-22(17(3)4)24(26-21)29-9/h10-13,16-17,19,21-22H,14-15H2,1-9H3/t19-,21?,22?/m1/s1. The van der Waals surface area contributed by atoms with Crippen molar-refractivity contribution in [3.63, 3.8) is 0 Å². The molecule has 0 fully saturated rings. The summed E-state index contributed by atoms with van der Waals surface area (Å²) >= 11 is 0. The topological polar surface area (TPSA) is 43.2 Å². The highest BCUT2D eigenvalue weighted by Crippen LogP contribution is 2.28. The predicted octanol–water partition coefficient (Wildman–Crippen LogP) is 5.69. The Labute approximate surface area is 177 Å². The van der Waals surface area contributed by atoms with Crippen molar-refractivity contribution in [3.8, 4) is 0 Å². The maximum Gasteiger partial charge on any atom is 0.209 e. The van der Waals surface area contributed by atoms with E-state index in [1.54, 1.807) is 14.2 Å². The number of benzene rings is 1. The van der Waals surface area contributed by atoms with Crippen LogP contribution in [0.15, 0.2) is 34.3 Å². The average Bonchev–Trinajstić information content (AvgIpc) is 2.66. The summed E-state index contributed by atoms with van der Waals surface area (Å²) in [5, 5.41) is 0. The zero-order valence-corrected chi connectivity index (χ0v) is 19.8. The van der Waals surface area contributed by atoms with Gasteiger partial charge >= 0.3 is 0 Å². The van der Waals surface area contributed by atoms with Gasteiger partial charge in [-0.05, 0) is 47.1 Å². The maximum atomic E-state index is 5.65. The molecule has 1 aromatic rings. The molecular weight excluding hydrogens is 360 g/mol. The number of methoxy groups -OCH3 is 2. The molecule has 3 atom stereocenters. The van der Waals surface area contributed by atoms with Gasteiger partial charge in [0.25, 0.3) is 0 Å². The van der Waals surface area contributed by atoms with Crippen molar-refractivity contribution in [3.05, 3.63) is 35.4 Å². The minimum absolute atomic E-state index is 0.0614. The van der Waals surface area contributed by atoms with Crippen LogP contribution in [0.5, 0.6) is 0 Å². The van der Waals surface area contributed by atoms with E-state index in [1.165, 1.54) is 11.1 Å². The molecule has 1 aromatic carbocycles. The number of aliphatic imine (C=N–C) groups is 2. The maximum absolute atomic E-state index is 5.65. The number of hydrogen-bond donors (Lipinski definition) is 0. The van der Waals surface area contributed by atoms with Gasteiger partial charge in [-0.15, -0.1) is 0 Å². The van der Waals surface area contributed by atoms with Crippen molar-refractivity contribution < 1.29 is 9.47 Å². The Morgan fingerprint density at radius 2 is 1.48 bits per heavy atom. The molecule has 4 nitrogen and oxygen atoms in total. The summed E-state index contributed by atoms with van der Waals surface area (Å²) in [5.74, 6) is 2.81. The third kappa shape index (κ3) is 6.07. The highest BCUT2D eigenvalue weighted by Gasteiger charge is 2.33. The van der Waals surface area contributed by atoms with Crippen LogP contribution in [0.25, 0.3) is 0 Å². The van der Waals surface area contributed by atoms with E-state index >= 15 is 0 Å². The van der Waals surface area contributed by atoms with Crippen LogP contribution in [-0.4, -0.2) is 38.1 Å². The molecule has 1 aliphatic heterocycles. The molecular formula is C25H40N2O2. The van der Waals surface area contributed by atoms with Crippen LogP contribution in [-0.2, 0) is 21.3 Å². The van der Waals surface area contributed by atoms with Gasteiger partial charge in [0.15, 0.2) is 0 Å². The summed E-state index contributed by atoms with van der Waals surface area (Å²) in [6, 6.07) is 8.95. The monoisotopic (exact) mass is 400 g/mol. The van der Waals surface area contributed by atoms with Crippen molar-refractivity contribution in [1.82, 2.24) is 0 Å². The highest BCUT2D eigenvalue weighted by molar-refractivity contribution is 5.94. The fourth-order valence-electron chi connectivity index (χ4n) is 3.84. The molecule has 1 heterocycles. The smallest absolute Gasteiger partial charge is 0.209 e. The summed E-state index contributed by atoms with van der Waals surface area (Å²) < 4.78 is 11.2. The summed E-state index contributed by atoms with van der Waals surface area (Å²) in [5.41, 5.74) is 2.93. The van der Waals surface area contributed by atoms with Gasteiger partial charge < -0.3 is 9.47 Å². The first-order chi connectivity index (χ1) is 13.6. The fourth-order valence-corrected chi connectivity index (χ4v) is 3.84. The molecule has 0 spiro atoms. The number of hydrogen-bond acceptors (Lipinski definition) is 4. The zero-order chi connectivity index (χ0) is 21.8. The lowest BCUT2D eigenvalue weighted by molar-refractivity contribution is 0.300. The normalized spacial score (nSPS) is 21.1. The Bertz CT molecular complexity index is 711.